The smallest absolute Gasteiger partial charge is 0.305 e. The highest BCUT2D eigenvalue weighted by atomic mass is 79.9. The molecule has 2 heterocycles. The second-order valence-corrected chi connectivity index (χ2v) is 4.78. The maximum Gasteiger partial charge on any atom is 0.305 e. The minimum Gasteiger partial charge on any atom is -0.481 e. The Kier molecular flexibility index (Phi) is 3.51. The van der Waals surface area contributed by atoms with Crippen molar-refractivity contribution in [1.29, 1.82) is 0 Å². The Morgan fingerprint density at radius 1 is 1.53 bits per heavy atom. The van der Waals surface area contributed by atoms with Crippen molar-refractivity contribution in [2.75, 3.05) is 6.54 Å². The van der Waals surface area contributed by atoms with Gasteiger partial charge in [-0.3, -0.25) is 9.59 Å². The van der Waals surface area contributed by atoms with Crippen molar-refractivity contribution in [3.8, 4) is 0 Å². The van der Waals surface area contributed by atoms with E-state index in [9.17, 15) is 9.59 Å². The van der Waals surface area contributed by atoms with Gasteiger partial charge < -0.3 is 14.4 Å². The Labute approximate surface area is 107 Å². The zero-order valence-electron chi connectivity index (χ0n) is 9.06. The van der Waals surface area contributed by atoms with Gasteiger partial charge in [0.25, 0.3) is 5.91 Å². The van der Waals surface area contributed by atoms with Gasteiger partial charge in [0.2, 0.25) is 0 Å². The number of carbonyl (C=O) groups is 2. The second-order valence-electron chi connectivity index (χ2n) is 4.00. The number of nitrogens with zero attached hydrogens (tertiary/aromatic N) is 1. The minimum absolute atomic E-state index is 0.00633. The third-order valence-corrected chi connectivity index (χ3v) is 3.26. The lowest BCUT2D eigenvalue weighted by atomic mass is 10.1. The topological polar surface area (TPSA) is 70.8 Å². The molecular formula is C11H12BrNO4. The fourth-order valence-electron chi connectivity index (χ4n) is 2.09. The maximum atomic E-state index is 12.1. The van der Waals surface area contributed by atoms with E-state index in [-0.39, 0.29) is 24.1 Å². The van der Waals surface area contributed by atoms with Crippen LogP contribution in [0.5, 0.6) is 0 Å². The summed E-state index contributed by atoms with van der Waals surface area (Å²) >= 11 is 3.13. The van der Waals surface area contributed by atoms with Crippen LogP contribution in [0.25, 0.3) is 0 Å². The highest BCUT2D eigenvalue weighted by Crippen LogP contribution is 2.24. The summed E-state index contributed by atoms with van der Waals surface area (Å²) < 4.78 is 5.68. The Bertz CT molecular complexity index is 442. The number of likely N-dealkylation sites (tertiary alicyclic amines) is 1. The molecule has 1 atom stereocenters. The van der Waals surface area contributed by atoms with Crippen molar-refractivity contribution >= 4 is 27.8 Å². The number of carboxylic acids is 1. The van der Waals surface area contributed by atoms with Crippen molar-refractivity contribution in [3.05, 3.63) is 22.6 Å². The molecule has 0 aromatic carbocycles. The Hall–Kier alpha value is -1.30. The second kappa shape index (κ2) is 4.91. The Morgan fingerprint density at radius 3 is 2.88 bits per heavy atom. The molecule has 1 saturated heterocycles. The van der Waals surface area contributed by atoms with Gasteiger partial charge in [-0.1, -0.05) is 0 Å². The Morgan fingerprint density at radius 2 is 2.29 bits per heavy atom. The monoisotopic (exact) mass is 301 g/mol. The average molecular weight is 302 g/mol. The van der Waals surface area contributed by atoms with Crippen LogP contribution in [-0.4, -0.2) is 34.5 Å². The molecule has 0 spiro atoms. The lowest BCUT2D eigenvalue weighted by Crippen LogP contribution is -2.36. The normalized spacial score (nSPS) is 19.6. The average Bonchev–Trinajstić information content (AvgIpc) is 2.85. The number of furan rings is 1. The first-order valence-corrected chi connectivity index (χ1v) is 6.15. The summed E-state index contributed by atoms with van der Waals surface area (Å²) in [6.07, 6.45) is 1.57. The third kappa shape index (κ3) is 2.69. The molecule has 0 radical (unpaired) electrons. The lowest BCUT2D eigenvalue weighted by Gasteiger charge is -2.22. The predicted molar refractivity (Wildman–Crippen MR) is 62.7 cm³/mol. The number of aliphatic carboxylic acids is 1. The van der Waals surface area contributed by atoms with Crippen molar-refractivity contribution in [2.24, 2.45) is 0 Å². The van der Waals surface area contributed by atoms with Gasteiger partial charge in [-0.25, -0.2) is 0 Å². The number of halogens is 1. The largest absolute Gasteiger partial charge is 0.481 e. The fraction of sp³-hybridized carbons (Fsp3) is 0.455. The zero-order chi connectivity index (χ0) is 12.4. The molecule has 92 valence electrons. The van der Waals surface area contributed by atoms with Crippen LogP contribution < -0.4 is 0 Å². The molecule has 6 heteroatoms. The van der Waals surface area contributed by atoms with Crippen LogP contribution in [-0.2, 0) is 4.79 Å². The predicted octanol–water partition coefficient (Wildman–Crippen LogP) is 2.12. The molecule has 17 heavy (non-hydrogen) atoms. The molecule has 1 aromatic rings. The van der Waals surface area contributed by atoms with Crippen molar-refractivity contribution in [2.45, 2.75) is 25.3 Å². The molecule has 1 aromatic heterocycles. The summed E-state index contributed by atoms with van der Waals surface area (Å²) in [6.45, 7) is 0.592. The molecule has 1 aliphatic heterocycles. The molecule has 0 saturated carbocycles. The van der Waals surface area contributed by atoms with Gasteiger partial charge in [0.15, 0.2) is 10.4 Å². The number of carbonyl (C=O) groups excluding carboxylic acids is 1. The van der Waals surface area contributed by atoms with Crippen LogP contribution in [0, 0.1) is 0 Å². The SMILES string of the molecule is O=C(O)CC1CCCN1C(=O)c1ccc(Br)o1. The van der Waals surface area contributed by atoms with Gasteiger partial charge in [-0.05, 0) is 40.9 Å². The van der Waals surface area contributed by atoms with Gasteiger partial charge in [0, 0.05) is 12.6 Å². The summed E-state index contributed by atoms with van der Waals surface area (Å²) in [7, 11) is 0. The third-order valence-electron chi connectivity index (χ3n) is 2.83. The number of hydrogen-bond acceptors (Lipinski definition) is 3. The Balaban J connectivity index is 2.10. The summed E-state index contributed by atoms with van der Waals surface area (Å²) in [5.41, 5.74) is 0. The zero-order valence-corrected chi connectivity index (χ0v) is 10.6. The van der Waals surface area contributed by atoms with Gasteiger partial charge in [-0.15, -0.1) is 0 Å². The van der Waals surface area contributed by atoms with E-state index in [2.05, 4.69) is 15.9 Å². The van der Waals surface area contributed by atoms with E-state index in [0.29, 0.717) is 11.2 Å². The van der Waals surface area contributed by atoms with Crippen molar-refractivity contribution in [1.82, 2.24) is 4.90 Å². The number of rotatable bonds is 3. The van der Waals surface area contributed by atoms with E-state index in [4.69, 9.17) is 9.52 Å². The van der Waals surface area contributed by atoms with Crippen LogP contribution in [0.1, 0.15) is 29.8 Å². The van der Waals surface area contributed by atoms with E-state index < -0.39 is 5.97 Å². The van der Waals surface area contributed by atoms with Gasteiger partial charge in [-0.2, -0.15) is 0 Å². The first-order chi connectivity index (χ1) is 8.08. The number of hydrogen-bond donors (Lipinski definition) is 1. The van der Waals surface area contributed by atoms with Crippen molar-refractivity contribution in [3.63, 3.8) is 0 Å². The van der Waals surface area contributed by atoms with E-state index in [1.807, 2.05) is 0 Å². The number of carboxylic acid groups (broad SMARTS) is 1. The molecule has 1 unspecified atom stereocenters. The first kappa shape index (κ1) is 12.2. The first-order valence-electron chi connectivity index (χ1n) is 5.36. The summed E-state index contributed by atoms with van der Waals surface area (Å²) in [5, 5.41) is 8.78. The van der Waals surface area contributed by atoms with Gasteiger partial charge in [0.05, 0.1) is 6.42 Å². The maximum absolute atomic E-state index is 12.1. The molecule has 0 aliphatic carbocycles. The van der Waals surface area contributed by atoms with E-state index in [1.54, 1.807) is 17.0 Å². The van der Waals surface area contributed by atoms with Crippen LogP contribution in [0.3, 0.4) is 0 Å². The highest BCUT2D eigenvalue weighted by Gasteiger charge is 2.32. The van der Waals surface area contributed by atoms with Gasteiger partial charge >= 0.3 is 5.97 Å². The fourth-order valence-corrected chi connectivity index (χ4v) is 2.39. The molecule has 1 fully saturated rings. The lowest BCUT2D eigenvalue weighted by molar-refractivity contribution is -0.137. The minimum atomic E-state index is -0.879. The summed E-state index contributed by atoms with van der Waals surface area (Å²) in [5.74, 6) is -0.871. The summed E-state index contributed by atoms with van der Waals surface area (Å²) in [6, 6.07) is 3.02. The molecule has 2 rings (SSSR count). The van der Waals surface area contributed by atoms with E-state index >= 15 is 0 Å². The van der Waals surface area contributed by atoms with E-state index in [0.717, 1.165) is 12.8 Å². The quantitative estimate of drug-likeness (QED) is 0.928. The van der Waals surface area contributed by atoms with Gasteiger partial charge in [0.1, 0.15) is 0 Å². The van der Waals surface area contributed by atoms with Crippen LogP contribution >= 0.6 is 15.9 Å². The van der Waals surface area contributed by atoms with E-state index in [1.165, 1.54) is 0 Å². The molecule has 0 bridgehead atoms. The van der Waals surface area contributed by atoms with Crippen LogP contribution in [0.4, 0.5) is 0 Å². The molecule has 1 amide bonds. The molecule has 1 aliphatic rings. The molecular weight excluding hydrogens is 290 g/mol. The van der Waals surface area contributed by atoms with Crippen LogP contribution in [0.15, 0.2) is 21.2 Å². The number of amides is 1. The molecule has 1 N–H and O–H groups in total. The van der Waals surface area contributed by atoms with Crippen molar-refractivity contribution < 1.29 is 19.1 Å². The highest BCUT2D eigenvalue weighted by molar-refractivity contribution is 9.10. The molecule has 5 nitrogen and oxygen atoms in total. The summed E-state index contributed by atoms with van der Waals surface area (Å²) in [4.78, 5) is 24.3. The van der Waals surface area contributed by atoms with Crippen LogP contribution in [0.2, 0.25) is 0 Å². The standard InChI is InChI=1S/C11H12BrNO4/c12-9-4-3-8(17-9)11(16)13-5-1-2-7(13)6-10(14)15/h3-4,7H,1-2,5-6H2,(H,14,15).